The number of hydrogen-bond acceptors (Lipinski definition) is 5. The summed E-state index contributed by atoms with van der Waals surface area (Å²) < 4.78 is 11.4. The van der Waals surface area contributed by atoms with E-state index < -0.39 is 18.0 Å². The highest BCUT2D eigenvalue weighted by atomic mass is 79.9. The Labute approximate surface area is 176 Å². The van der Waals surface area contributed by atoms with Crippen molar-refractivity contribution in [2.24, 2.45) is 0 Å². The van der Waals surface area contributed by atoms with Crippen LogP contribution in [0.15, 0.2) is 65.1 Å². The Bertz CT molecular complexity index is 1110. The highest BCUT2D eigenvalue weighted by molar-refractivity contribution is 9.10. The standard InChI is InChI=1S/C22H17BrN2O4/c1-14(22(27)25-18-9-5-3-7-16(18)12-24)29-20(26)13-28-19-11-10-15-6-2-4-8-17(15)21(19)23/h2-11,14H,13H2,1H3,(H,25,27). The van der Waals surface area contributed by atoms with Gasteiger partial charge in [-0.3, -0.25) is 4.79 Å². The second-order valence-electron chi connectivity index (χ2n) is 6.17. The van der Waals surface area contributed by atoms with Crippen molar-refractivity contribution in [3.63, 3.8) is 0 Å². The van der Waals surface area contributed by atoms with Crippen LogP contribution < -0.4 is 10.1 Å². The summed E-state index contributed by atoms with van der Waals surface area (Å²) in [7, 11) is 0. The van der Waals surface area contributed by atoms with Gasteiger partial charge >= 0.3 is 5.97 Å². The van der Waals surface area contributed by atoms with Crippen molar-refractivity contribution in [3.05, 3.63) is 70.7 Å². The average molecular weight is 453 g/mol. The van der Waals surface area contributed by atoms with Gasteiger partial charge in [-0.15, -0.1) is 0 Å². The van der Waals surface area contributed by atoms with Crippen LogP contribution in [0.1, 0.15) is 12.5 Å². The maximum atomic E-state index is 12.2. The lowest BCUT2D eigenvalue weighted by atomic mass is 10.1. The van der Waals surface area contributed by atoms with Gasteiger partial charge in [-0.25, -0.2) is 4.79 Å². The van der Waals surface area contributed by atoms with Gasteiger partial charge in [0.1, 0.15) is 11.8 Å². The Balaban J connectivity index is 1.57. The molecule has 0 fully saturated rings. The van der Waals surface area contributed by atoms with E-state index in [-0.39, 0.29) is 6.61 Å². The van der Waals surface area contributed by atoms with Gasteiger partial charge in [0.05, 0.1) is 15.7 Å². The first kappa shape index (κ1) is 20.4. The molecule has 0 saturated carbocycles. The van der Waals surface area contributed by atoms with Crippen molar-refractivity contribution in [1.29, 1.82) is 5.26 Å². The number of rotatable bonds is 6. The molecule has 146 valence electrons. The minimum Gasteiger partial charge on any atom is -0.481 e. The van der Waals surface area contributed by atoms with Crippen LogP contribution in [0.5, 0.6) is 5.75 Å². The van der Waals surface area contributed by atoms with Crippen molar-refractivity contribution in [3.8, 4) is 11.8 Å². The molecular weight excluding hydrogens is 436 g/mol. The fourth-order valence-electron chi connectivity index (χ4n) is 2.67. The first-order chi connectivity index (χ1) is 14.0. The van der Waals surface area contributed by atoms with E-state index in [4.69, 9.17) is 14.7 Å². The summed E-state index contributed by atoms with van der Waals surface area (Å²) in [5.41, 5.74) is 0.683. The number of halogens is 1. The summed E-state index contributed by atoms with van der Waals surface area (Å²) in [6.45, 7) is 1.11. The van der Waals surface area contributed by atoms with Gasteiger partial charge in [-0.1, -0.05) is 42.5 Å². The number of carbonyl (C=O) groups is 2. The smallest absolute Gasteiger partial charge is 0.344 e. The van der Waals surface area contributed by atoms with Gasteiger partial charge in [0.15, 0.2) is 12.7 Å². The quantitative estimate of drug-likeness (QED) is 0.559. The molecule has 3 aromatic carbocycles. The minimum absolute atomic E-state index is 0.323. The summed E-state index contributed by atoms with van der Waals surface area (Å²) in [5.74, 6) is -0.713. The highest BCUT2D eigenvalue weighted by Gasteiger charge is 2.19. The number of hydrogen-bond donors (Lipinski definition) is 1. The van der Waals surface area contributed by atoms with Gasteiger partial charge in [0.2, 0.25) is 0 Å². The van der Waals surface area contributed by atoms with E-state index in [1.165, 1.54) is 6.92 Å². The minimum atomic E-state index is -1.04. The normalized spacial score (nSPS) is 11.3. The molecule has 0 saturated heterocycles. The third kappa shape index (κ3) is 4.92. The summed E-state index contributed by atoms with van der Waals surface area (Å²) in [6.07, 6.45) is -1.04. The van der Waals surface area contributed by atoms with Crippen LogP contribution in [0.3, 0.4) is 0 Å². The lowest BCUT2D eigenvalue weighted by Crippen LogP contribution is -2.31. The Morgan fingerprint density at radius 2 is 1.83 bits per heavy atom. The van der Waals surface area contributed by atoms with Crippen molar-refractivity contribution in [1.82, 2.24) is 0 Å². The van der Waals surface area contributed by atoms with Gasteiger partial charge in [0.25, 0.3) is 5.91 Å². The Morgan fingerprint density at radius 1 is 1.10 bits per heavy atom. The summed E-state index contributed by atoms with van der Waals surface area (Å²) in [5, 5.41) is 13.7. The monoisotopic (exact) mass is 452 g/mol. The molecule has 7 heteroatoms. The predicted octanol–water partition coefficient (Wildman–Crippen LogP) is 4.42. The summed E-state index contributed by atoms with van der Waals surface area (Å²) in [6, 6.07) is 20.0. The Morgan fingerprint density at radius 3 is 2.62 bits per heavy atom. The van der Waals surface area contributed by atoms with Crippen molar-refractivity contribution in [2.45, 2.75) is 13.0 Å². The van der Waals surface area contributed by atoms with Gasteiger partial charge in [-0.05, 0) is 51.8 Å². The van der Waals surface area contributed by atoms with E-state index in [1.54, 1.807) is 30.3 Å². The zero-order valence-corrected chi connectivity index (χ0v) is 17.1. The van der Waals surface area contributed by atoms with Crippen LogP contribution >= 0.6 is 15.9 Å². The van der Waals surface area contributed by atoms with Crippen LogP contribution in [0.4, 0.5) is 5.69 Å². The second kappa shape index (κ2) is 9.22. The van der Waals surface area contributed by atoms with E-state index in [0.29, 0.717) is 17.0 Å². The van der Waals surface area contributed by atoms with Crippen molar-refractivity contribution >= 4 is 44.3 Å². The first-order valence-electron chi connectivity index (χ1n) is 8.79. The van der Waals surface area contributed by atoms with E-state index in [2.05, 4.69) is 21.2 Å². The number of nitriles is 1. The third-order valence-corrected chi connectivity index (χ3v) is 4.97. The molecule has 1 N–H and O–H groups in total. The number of benzene rings is 3. The zero-order valence-electron chi connectivity index (χ0n) is 15.5. The number of nitrogens with zero attached hydrogens (tertiary/aromatic N) is 1. The highest BCUT2D eigenvalue weighted by Crippen LogP contribution is 2.33. The molecular formula is C22H17BrN2O4. The molecule has 29 heavy (non-hydrogen) atoms. The topological polar surface area (TPSA) is 88.4 Å². The SMILES string of the molecule is CC(OC(=O)COc1ccc2ccccc2c1Br)C(=O)Nc1ccccc1C#N. The molecule has 0 radical (unpaired) electrons. The number of esters is 1. The molecule has 3 rings (SSSR count). The molecule has 6 nitrogen and oxygen atoms in total. The molecule has 0 aliphatic rings. The number of amides is 1. The largest absolute Gasteiger partial charge is 0.481 e. The molecule has 1 amide bonds. The molecule has 0 bridgehead atoms. The van der Waals surface area contributed by atoms with E-state index in [1.807, 2.05) is 36.4 Å². The van der Waals surface area contributed by atoms with E-state index in [9.17, 15) is 9.59 Å². The summed E-state index contributed by atoms with van der Waals surface area (Å²) >= 11 is 3.49. The lowest BCUT2D eigenvalue weighted by Gasteiger charge is -2.15. The van der Waals surface area contributed by atoms with Gasteiger partial charge < -0.3 is 14.8 Å². The van der Waals surface area contributed by atoms with Crippen molar-refractivity contribution < 1.29 is 19.1 Å². The number of fused-ring (bicyclic) bond motifs is 1. The fraction of sp³-hybridized carbons (Fsp3) is 0.136. The molecule has 1 unspecified atom stereocenters. The number of anilines is 1. The summed E-state index contributed by atoms with van der Waals surface area (Å²) in [4.78, 5) is 24.3. The van der Waals surface area contributed by atoms with Crippen LogP contribution in [0, 0.1) is 11.3 Å². The Kier molecular flexibility index (Phi) is 6.47. The molecule has 0 heterocycles. The van der Waals surface area contributed by atoms with Crippen LogP contribution in [0.2, 0.25) is 0 Å². The maximum Gasteiger partial charge on any atom is 0.344 e. The van der Waals surface area contributed by atoms with Gasteiger partial charge in [-0.2, -0.15) is 5.26 Å². The first-order valence-corrected chi connectivity index (χ1v) is 9.58. The molecule has 0 aliphatic carbocycles. The average Bonchev–Trinajstić information content (AvgIpc) is 2.73. The second-order valence-corrected chi connectivity index (χ2v) is 6.96. The fourth-order valence-corrected chi connectivity index (χ4v) is 3.28. The molecule has 0 aromatic heterocycles. The lowest BCUT2D eigenvalue weighted by molar-refractivity contribution is -0.155. The maximum absolute atomic E-state index is 12.2. The van der Waals surface area contributed by atoms with E-state index in [0.717, 1.165) is 15.2 Å². The van der Waals surface area contributed by atoms with Crippen LogP contribution in [0.25, 0.3) is 10.8 Å². The molecule has 0 aliphatic heterocycles. The zero-order chi connectivity index (χ0) is 20.8. The molecule has 3 aromatic rings. The Hall–Kier alpha value is -3.37. The number of para-hydroxylation sites is 1. The third-order valence-electron chi connectivity index (χ3n) is 4.16. The van der Waals surface area contributed by atoms with E-state index >= 15 is 0 Å². The number of nitrogens with one attached hydrogen (secondary N) is 1. The number of carbonyl (C=O) groups excluding carboxylic acids is 2. The van der Waals surface area contributed by atoms with Crippen LogP contribution in [-0.4, -0.2) is 24.6 Å². The predicted molar refractivity (Wildman–Crippen MR) is 112 cm³/mol. The molecule has 0 spiro atoms. The molecule has 1 atom stereocenters. The van der Waals surface area contributed by atoms with Crippen molar-refractivity contribution in [2.75, 3.05) is 11.9 Å². The van der Waals surface area contributed by atoms with Gasteiger partial charge in [0, 0.05) is 0 Å². The number of ether oxygens (including phenoxy) is 2. The van der Waals surface area contributed by atoms with Crippen LogP contribution in [-0.2, 0) is 14.3 Å².